The van der Waals surface area contributed by atoms with Crippen LogP contribution in [-0.4, -0.2) is 67.9 Å². The van der Waals surface area contributed by atoms with E-state index in [1.54, 1.807) is 0 Å². The Morgan fingerprint density at radius 2 is 1.77 bits per heavy atom. The standard InChI is InChI=1S/C17H30N2O3/c1-13-8-14(2)10-19(9-13)16(20)12-18-5-3-4-15(11-18)17-21-6-7-22-17/h13-15,17H,3-12H2,1-2H3/t13-,14-,15+/m0/s1. The summed E-state index contributed by atoms with van der Waals surface area (Å²) < 4.78 is 11.3. The van der Waals surface area contributed by atoms with Gasteiger partial charge in [-0.2, -0.15) is 0 Å². The van der Waals surface area contributed by atoms with Gasteiger partial charge in [0.1, 0.15) is 0 Å². The van der Waals surface area contributed by atoms with E-state index < -0.39 is 0 Å². The molecule has 5 nitrogen and oxygen atoms in total. The van der Waals surface area contributed by atoms with Gasteiger partial charge in [-0.05, 0) is 37.6 Å². The van der Waals surface area contributed by atoms with Crippen LogP contribution >= 0.6 is 0 Å². The van der Waals surface area contributed by atoms with E-state index in [-0.39, 0.29) is 6.29 Å². The van der Waals surface area contributed by atoms with Crippen LogP contribution in [0.5, 0.6) is 0 Å². The maximum Gasteiger partial charge on any atom is 0.236 e. The Morgan fingerprint density at radius 1 is 1.09 bits per heavy atom. The van der Waals surface area contributed by atoms with Crippen LogP contribution in [0, 0.1) is 17.8 Å². The number of hydrogen-bond donors (Lipinski definition) is 0. The number of likely N-dealkylation sites (tertiary alicyclic amines) is 2. The molecule has 5 heteroatoms. The van der Waals surface area contributed by atoms with Gasteiger partial charge < -0.3 is 14.4 Å². The van der Waals surface area contributed by atoms with Crippen LogP contribution in [0.15, 0.2) is 0 Å². The quantitative estimate of drug-likeness (QED) is 0.794. The Labute approximate surface area is 133 Å². The van der Waals surface area contributed by atoms with Crippen LogP contribution in [0.4, 0.5) is 0 Å². The molecular weight excluding hydrogens is 280 g/mol. The highest BCUT2D eigenvalue weighted by atomic mass is 16.7. The van der Waals surface area contributed by atoms with Crippen molar-refractivity contribution < 1.29 is 14.3 Å². The average Bonchev–Trinajstić information content (AvgIpc) is 3.00. The fraction of sp³-hybridized carbons (Fsp3) is 0.941. The summed E-state index contributed by atoms with van der Waals surface area (Å²) in [6.07, 6.45) is 3.47. The van der Waals surface area contributed by atoms with Gasteiger partial charge in [0, 0.05) is 25.6 Å². The van der Waals surface area contributed by atoms with Gasteiger partial charge in [-0.3, -0.25) is 9.69 Å². The van der Waals surface area contributed by atoms with Gasteiger partial charge in [-0.25, -0.2) is 0 Å². The summed E-state index contributed by atoms with van der Waals surface area (Å²) in [5, 5.41) is 0. The van der Waals surface area contributed by atoms with Crippen LogP contribution in [0.3, 0.4) is 0 Å². The molecule has 0 spiro atoms. The highest BCUT2D eigenvalue weighted by molar-refractivity contribution is 5.78. The van der Waals surface area contributed by atoms with Crippen LogP contribution in [0.25, 0.3) is 0 Å². The molecule has 126 valence electrons. The highest BCUT2D eigenvalue weighted by Crippen LogP contribution is 2.25. The van der Waals surface area contributed by atoms with Crippen molar-refractivity contribution in [1.29, 1.82) is 0 Å². The normalized spacial score (nSPS) is 35.0. The van der Waals surface area contributed by atoms with Gasteiger partial charge in [0.2, 0.25) is 5.91 Å². The van der Waals surface area contributed by atoms with E-state index >= 15 is 0 Å². The van der Waals surface area contributed by atoms with E-state index in [2.05, 4.69) is 23.6 Å². The molecule has 0 aliphatic carbocycles. The highest BCUT2D eigenvalue weighted by Gasteiger charge is 2.33. The first kappa shape index (κ1) is 16.2. The molecule has 3 aliphatic rings. The molecule has 0 bridgehead atoms. The lowest BCUT2D eigenvalue weighted by molar-refractivity contribution is -0.137. The Bertz CT molecular complexity index is 374. The molecular formula is C17H30N2O3. The first-order valence-electron chi connectivity index (χ1n) is 8.85. The van der Waals surface area contributed by atoms with Gasteiger partial charge in [0.05, 0.1) is 19.8 Å². The second-order valence-corrected chi connectivity index (χ2v) is 7.49. The smallest absolute Gasteiger partial charge is 0.236 e. The Kier molecular flexibility index (Phi) is 5.37. The fourth-order valence-electron chi connectivity index (χ4n) is 4.26. The van der Waals surface area contributed by atoms with Crippen LogP contribution in [-0.2, 0) is 14.3 Å². The zero-order valence-corrected chi connectivity index (χ0v) is 14.0. The van der Waals surface area contributed by atoms with E-state index in [1.807, 2.05) is 0 Å². The predicted octanol–water partition coefficient (Wildman–Crippen LogP) is 1.58. The van der Waals surface area contributed by atoms with Crippen LogP contribution in [0.1, 0.15) is 33.1 Å². The maximum absolute atomic E-state index is 12.6. The third-order valence-electron chi connectivity index (χ3n) is 5.15. The lowest BCUT2D eigenvalue weighted by Crippen LogP contribution is -2.49. The van der Waals surface area contributed by atoms with Crippen molar-refractivity contribution in [1.82, 2.24) is 9.80 Å². The van der Waals surface area contributed by atoms with E-state index in [1.165, 1.54) is 6.42 Å². The molecule has 3 heterocycles. The molecule has 3 rings (SSSR count). The third-order valence-corrected chi connectivity index (χ3v) is 5.15. The summed E-state index contributed by atoms with van der Waals surface area (Å²) >= 11 is 0. The molecule has 0 N–H and O–H groups in total. The molecule has 0 saturated carbocycles. The van der Waals surface area contributed by atoms with Gasteiger partial charge in [-0.1, -0.05) is 13.8 Å². The van der Waals surface area contributed by atoms with E-state index in [9.17, 15) is 4.79 Å². The minimum Gasteiger partial charge on any atom is -0.350 e. The van der Waals surface area contributed by atoms with Crippen molar-refractivity contribution in [2.45, 2.75) is 39.4 Å². The first-order valence-corrected chi connectivity index (χ1v) is 8.85. The molecule has 0 radical (unpaired) electrons. The Morgan fingerprint density at radius 3 is 2.45 bits per heavy atom. The molecule has 0 aromatic rings. The summed E-state index contributed by atoms with van der Waals surface area (Å²) in [7, 11) is 0. The average molecular weight is 310 g/mol. The summed E-state index contributed by atoms with van der Waals surface area (Å²) in [5.74, 6) is 1.97. The largest absolute Gasteiger partial charge is 0.350 e. The Balaban J connectivity index is 1.50. The SMILES string of the molecule is C[C@H]1C[C@H](C)CN(C(=O)CN2CCC[C@@H](C3OCCO3)C2)C1. The second-order valence-electron chi connectivity index (χ2n) is 7.49. The number of ether oxygens (including phenoxy) is 2. The van der Waals surface area contributed by atoms with E-state index in [0.29, 0.717) is 43.4 Å². The number of carbonyl (C=O) groups excluding carboxylic acids is 1. The van der Waals surface area contributed by atoms with Crippen molar-refractivity contribution in [3.05, 3.63) is 0 Å². The third kappa shape index (κ3) is 4.00. The zero-order valence-electron chi connectivity index (χ0n) is 14.0. The molecule has 3 saturated heterocycles. The molecule has 1 amide bonds. The minimum atomic E-state index is -0.0482. The number of amides is 1. The first-order chi connectivity index (χ1) is 10.6. The number of carbonyl (C=O) groups is 1. The number of hydrogen-bond acceptors (Lipinski definition) is 4. The van der Waals surface area contributed by atoms with Gasteiger partial charge in [0.15, 0.2) is 6.29 Å². The summed E-state index contributed by atoms with van der Waals surface area (Å²) in [6, 6.07) is 0. The van der Waals surface area contributed by atoms with Gasteiger partial charge in [0.25, 0.3) is 0 Å². The van der Waals surface area contributed by atoms with Crippen LogP contribution in [0.2, 0.25) is 0 Å². The number of piperidine rings is 2. The van der Waals surface area contributed by atoms with Crippen molar-refractivity contribution >= 4 is 5.91 Å². The molecule has 22 heavy (non-hydrogen) atoms. The maximum atomic E-state index is 12.6. The van der Waals surface area contributed by atoms with E-state index in [4.69, 9.17) is 9.47 Å². The summed E-state index contributed by atoms with van der Waals surface area (Å²) in [5.41, 5.74) is 0. The zero-order chi connectivity index (χ0) is 15.5. The van der Waals surface area contributed by atoms with Crippen LogP contribution < -0.4 is 0 Å². The summed E-state index contributed by atoms with van der Waals surface area (Å²) in [6.45, 7) is 10.3. The lowest BCUT2D eigenvalue weighted by atomic mass is 9.92. The van der Waals surface area contributed by atoms with Gasteiger partial charge >= 0.3 is 0 Å². The monoisotopic (exact) mass is 310 g/mol. The topological polar surface area (TPSA) is 42.0 Å². The molecule has 0 aromatic carbocycles. The molecule has 3 aliphatic heterocycles. The van der Waals surface area contributed by atoms with Crippen molar-refractivity contribution in [3.63, 3.8) is 0 Å². The van der Waals surface area contributed by atoms with Crippen molar-refractivity contribution in [2.75, 3.05) is 45.9 Å². The molecule has 3 fully saturated rings. The minimum absolute atomic E-state index is 0.0482. The molecule has 3 atom stereocenters. The number of rotatable bonds is 3. The molecule has 0 unspecified atom stereocenters. The molecule has 0 aromatic heterocycles. The Hall–Kier alpha value is -0.650. The van der Waals surface area contributed by atoms with Crippen molar-refractivity contribution in [2.24, 2.45) is 17.8 Å². The lowest BCUT2D eigenvalue weighted by Gasteiger charge is -2.38. The summed E-state index contributed by atoms with van der Waals surface area (Å²) in [4.78, 5) is 17.0. The predicted molar refractivity (Wildman–Crippen MR) is 84.4 cm³/mol. The van der Waals surface area contributed by atoms with E-state index in [0.717, 1.165) is 39.0 Å². The van der Waals surface area contributed by atoms with Crippen molar-refractivity contribution in [3.8, 4) is 0 Å². The fourth-order valence-corrected chi connectivity index (χ4v) is 4.26. The number of nitrogens with zero attached hydrogens (tertiary/aromatic N) is 2. The second kappa shape index (κ2) is 7.28. The van der Waals surface area contributed by atoms with Gasteiger partial charge in [-0.15, -0.1) is 0 Å².